The van der Waals surface area contributed by atoms with Crippen LogP contribution in [0, 0.1) is 12.3 Å². The van der Waals surface area contributed by atoms with Gasteiger partial charge < -0.3 is 15.0 Å². The van der Waals surface area contributed by atoms with Gasteiger partial charge in [0.1, 0.15) is 6.04 Å². The van der Waals surface area contributed by atoms with Crippen molar-refractivity contribution >= 4 is 11.9 Å². The van der Waals surface area contributed by atoms with Crippen molar-refractivity contribution in [2.24, 2.45) is 0 Å². The smallest absolute Gasteiger partial charge is 0.417 e. The van der Waals surface area contributed by atoms with E-state index in [0.717, 1.165) is 7.11 Å². The number of amides is 1. The molecule has 1 heterocycles. The van der Waals surface area contributed by atoms with Crippen LogP contribution in [0.1, 0.15) is 32.7 Å². The van der Waals surface area contributed by atoms with Gasteiger partial charge in [0.25, 0.3) is 5.91 Å². The number of imidazole rings is 1. The standard InChI is InChI=1S/C18H13F6N3O3/c1-3-11-12(17(19,20)21)4-9(5-13(11)18(22,23)24)15(28)27-14(16(29)30-2)6-10-7-25-8-26-10/h1,4-5,7-8,14H,6H2,2H3,(H,25,26)(H,27,28)/t14-/m1/s1. The number of carbonyl (C=O) groups is 2. The van der Waals surface area contributed by atoms with Crippen LogP contribution < -0.4 is 5.32 Å². The second-order valence-corrected chi connectivity index (χ2v) is 5.92. The van der Waals surface area contributed by atoms with Gasteiger partial charge in [-0.05, 0) is 12.1 Å². The van der Waals surface area contributed by atoms with E-state index >= 15 is 0 Å². The Balaban J connectivity index is 2.49. The van der Waals surface area contributed by atoms with E-state index < -0.39 is 52.5 Å². The number of aromatic amines is 1. The number of benzene rings is 1. The number of H-pyrrole nitrogens is 1. The summed E-state index contributed by atoms with van der Waals surface area (Å²) in [4.78, 5) is 30.7. The number of halogens is 6. The van der Waals surface area contributed by atoms with Crippen molar-refractivity contribution in [2.45, 2.75) is 24.8 Å². The first-order chi connectivity index (χ1) is 13.9. The van der Waals surface area contributed by atoms with Gasteiger partial charge in [-0.1, -0.05) is 5.92 Å². The molecule has 0 saturated carbocycles. The molecule has 0 bridgehead atoms. The molecule has 0 unspecified atom stereocenters. The number of hydrogen-bond acceptors (Lipinski definition) is 4. The van der Waals surface area contributed by atoms with Gasteiger partial charge in [-0.15, -0.1) is 6.42 Å². The van der Waals surface area contributed by atoms with Gasteiger partial charge in [0.05, 0.1) is 24.6 Å². The molecule has 0 radical (unpaired) electrons. The average molecular weight is 433 g/mol. The Morgan fingerprint density at radius 1 is 1.20 bits per heavy atom. The summed E-state index contributed by atoms with van der Waals surface area (Å²) in [6.45, 7) is 0. The molecule has 6 nitrogen and oxygen atoms in total. The van der Waals surface area contributed by atoms with E-state index in [1.165, 1.54) is 18.4 Å². The monoisotopic (exact) mass is 433 g/mol. The number of rotatable bonds is 5. The van der Waals surface area contributed by atoms with Gasteiger partial charge in [-0.3, -0.25) is 4.79 Å². The lowest BCUT2D eigenvalue weighted by atomic mass is 9.96. The Morgan fingerprint density at radius 2 is 1.77 bits per heavy atom. The number of methoxy groups -OCH3 is 1. The summed E-state index contributed by atoms with van der Waals surface area (Å²) in [7, 11) is 1.000. The summed E-state index contributed by atoms with van der Waals surface area (Å²) in [6, 6.07) is -1.01. The van der Waals surface area contributed by atoms with E-state index in [1.807, 2.05) is 0 Å². The highest BCUT2D eigenvalue weighted by atomic mass is 19.4. The van der Waals surface area contributed by atoms with Crippen LogP contribution in [0.3, 0.4) is 0 Å². The molecule has 2 N–H and O–H groups in total. The van der Waals surface area contributed by atoms with Crippen LogP contribution in [-0.2, 0) is 28.3 Å². The normalized spacial score (nSPS) is 12.7. The number of aromatic nitrogens is 2. The highest BCUT2D eigenvalue weighted by Crippen LogP contribution is 2.40. The van der Waals surface area contributed by atoms with E-state index in [2.05, 4.69) is 20.0 Å². The number of esters is 1. The van der Waals surface area contributed by atoms with Crippen molar-refractivity contribution in [2.75, 3.05) is 7.11 Å². The maximum absolute atomic E-state index is 13.3. The number of hydrogen-bond donors (Lipinski definition) is 2. The number of carbonyl (C=O) groups excluding carboxylic acids is 2. The molecule has 2 rings (SSSR count). The van der Waals surface area contributed by atoms with Gasteiger partial charge in [0.2, 0.25) is 0 Å². The Bertz CT molecular complexity index is 940. The number of terminal acetylenes is 1. The maximum atomic E-state index is 13.3. The summed E-state index contributed by atoms with van der Waals surface area (Å²) in [5.41, 5.74) is -5.65. The fraction of sp³-hybridized carbons (Fsp3) is 0.278. The van der Waals surface area contributed by atoms with Gasteiger partial charge in [0.15, 0.2) is 0 Å². The highest BCUT2D eigenvalue weighted by molar-refractivity contribution is 5.97. The molecule has 0 aliphatic carbocycles. The molecule has 0 spiro atoms. The molecular weight excluding hydrogens is 420 g/mol. The lowest BCUT2D eigenvalue weighted by Crippen LogP contribution is -2.43. The van der Waals surface area contributed by atoms with Crippen LogP contribution in [0.4, 0.5) is 26.3 Å². The van der Waals surface area contributed by atoms with Crippen LogP contribution in [0.15, 0.2) is 24.7 Å². The first-order valence-corrected chi connectivity index (χ1v) is 8.03. The van der Waals surface area contributed by atoms with E-state index in [1.54, 1.807) is 0 Å². The van der Waals surface area contributed by atoms with Crippen LogP contribution in [0.2, 0.25) is 0 Å². The molecule has 1 amide bonds. The second kappa shape index (κ2) is 8.48. The zero-order valence-corrected chi connectivity index (χ0v) is 15.1. The fourth-order valence-electron chi connectivity index (χ4n) is 2.57. The predicted octanol–water partition coefficient (Wildman–Crippen LogP) is 2.94. The maximum Gasteiger partial charge on any atom is 0.417 e. The lowest BCUT2D eigenvalue weighted by Gasteiger charge is -2.19. The van der Waals surface area contributed by atoms with Crippen LogP contribution in [-0.4, -0.2) is 35.0 Å². The van der Waals surface area contributed by atoms with Gasteiger partial charge in [-0.25, -0.2) is 9.78 Å². The topological polar surface area (TPSA) is 84.1 Å². The molecule has 1 aromatic carbocycles. The predicted molar refractivity (Wildman–Crippen MR) is 89.9 cm³/mol. The third kappa shape index (κ3) is 5.11. The third-order valence-electron chi connectivity index (χ3n) is 3.93. The summed E-state index contributed by atoms with van der Waals surface area (Å²) in [5, 5.41) is 2.07. The van der Waals surface area contributed by atoms with Crippen molar-refractivity contribution in [1.82, 2.24) is 15.3 Å². The number of alkyl halides is 6. The van der Waals surface area contributed by atoms with Crippen molar-refractivity contribution in [3.8, 4) is 12.3 Å². The van der Waals surface area contributed by atoms with Crippen molar-refractivity contribution < 1.29 is 40.7 Å². The zero-order chi connectivity index (χ0) is 22.7. The minimum Gasteiger partial charge on any atom is -0.467 e. The van der Waals surface area contributed by atoms with Crippen LogP contribution in [0.25, 0.3) is 0 Å². The first kappa shape index (κ1) is 22.8. The quantitative estimate of drug-likeness (QED) is 0.432. The lowest BCUT2D eigenvalue weighted by molar-refractivity contribution is -0.144. The molecule has 0 aliphatic rings. The SMILES string of the molecule is C#Cc1c(C(F)(F)F)cc(C(=O)N[C@H](Cc2cnc[nH]2)C(=O)OC)cc1C(F)(F)F. The molecule has 30 heavy (non-hydrogen) atoms. The molecule has 0 fully saturated rings. The molecule has 0 saturated heterocycles. The minimum atomic E-state index is -5.25. The van der Waals surface area contributed by atoms with E-state index in [-0.39, 0.29) is 18.6 Å². The molecule has 160 valence electrons. The molecule has 1 aromatic heterocycles. The van der Waals surface area contributed by atoms with Crippen molar-refractivity contribution in [1.29, 1.82) is 0 Å². The largest absolute Gasteiger partial charge is 0.467 e. The molecule has 2 aromatic rings. The van der Waals surface area contributed by atoms with E-state index in [4.69, 9.17) is 6.42 Å². The van der Waals surface area contributed by atoms with Crippen LogP contribution in [0.5, 0.6) is 0 Å². The van der Waals surface area contributed by atoms with Gasteiger partial charge in [0, 0.05) is 29.4 Å². The van der Waals surface area contributed by atoms with E-state index in [0.29, 0.717) is 5.69 Å². The number of ether oxygens (including phenoxy) is 1. The third-order valence-corrected chi connectivity index (χ3v) is 3.93. The van der Waals surface area contributed by atoms with Crippen molar-refractivity contribution in [3.05, 3.63) is 52.6 Å². The molecule has 1 atom stereocenters. The average Bonchev–Trinajstić information content (AvgIpc) is 3.17. The summed E-state index contributed by atoms with van der Waals surface area (Å²) >= 11 is 0. The first-order valence-electron chi connectivity index (χ1n) is 8.03. The summed E-state index contributed by atoms with van der Waals surface area (Å²) in [5.74, 6) is -0.940. The van der Waals surface area contributed by atoms with Crippen molar-refractivity contribution in [3.63, 3.8) is 0 Å². The Kier molecular flexibility index (Phi) is 6.44. The second-order valence-electron chi connectivity index (χ2n) is 5.92. The number of nitrogens with zero attached hydrogens (tertiary/aromatic N) is 1. The summed E-state index contributed by atoms with van der Waals surface area (Å²) in [6.07, 6.45) is -3.25. The van der Waals surface area contributed by atoms with Gasteiger partial charge in [-0.2, -0.15) is 26.3 Å². The number of nitrogens with one attached hydrogen (secondary N) is 2. The molecule has 12 heteroatoms. The summed E-state index contributed by atoms with van der Waals surface area (Å²) < 4.78 is 84.1. The Morgan fingerprint density at radius 3 is 2.17 bits per heavy atom. The minimum absolute atomic E-state index is 0.195. The Hall–Kier alpha value is -3.49. The molecule has 0 aliphatic heterocycles. The molecular formula is C18H13F6N3O3. The van der Waals surface area contributed by atoms with E-state index in [9.17, 15) is 35.9 Å². The highest BCUT2D eigenvalue weighted by Gasteiger charge is 2.41. The van der Waals surface area contributed by atoms with Gasteiger partial charge >= 0.3 is 18.3 Å². The zero-order valence-electron chi connectivity index (χ0n) is 15.1. The fourth-order valence-corrected chi connectivity index (χ4v) is 2.57. The van der Waals surface area contributed by atoms with Crippen LogP contribution >= 0.6 is 0 Å². The Labute approximate surface area is 165 Å².